The Balaban J connectivity index is 1.66. The Bertz CT molecular complexity index is 825. The van der Waals surface area contributed by atoms with E-state index >= 15 is 0 Å². The maximum absolute atomic E-state index is 12.8. The van der Waals surface area contributed by atoms with Gasteiger partial charge in [0.1, 0.15) is 0 Å². The van der Waals surface area contributed by atoms with Gasteiger partial charge in [-0.1, -0.05) is 25.3 Å². The van der Waals surface area contributed by atoms with Crippen LogP contribution in [0.1, 0.15) is 60.9 Å². The van der Waals surface area contributed by atoms with Gasteiger partial charge in [0.25, 0.3) is 5.91 Å². The molecule has 7 nitrogen and oxygen atoms in total. The molecule has 0 radical (unpaired) electrons. The summed E-state index contributed by atoms with van der Waals surface area (Å²) in [7, 11) is -3.64. The summed E-state index contributed by atoms with van der Waals surface area (Å²) in [6.07, 6.45) is 6.82. The number of ether oxygens (including phenoxy) is 1. The third-order valence-corrected chi connectivity index (χ3v) is 7.33. The maximum Gasteiger partial charge on any atom is 0.338 e. The molecule has 1 aromatic carbocycles. The molecule has 1 amide bonds. The molecule has 2 aliphatic rings. The zero-order valence-corrected chi connectivity index (χ0v) is 17.1. The van der Waals surface area contributed by atoms with Gasteiger partial charge < -0.3 is 10.1 Å². The Hall–Kier alpha value is -1.93. The lowest BCUT2D eigenvalue weighted by molar-refractivity contribution is -0.124. The SMILES string of the molecule is Cc1ccc(S(=O)(=O)N2CCCCC2)cc1C(=O)OCC(=O)NC1CCCC1. The van der Waals surface area contributed by atoms with Crippen LogP contribution in [0.25, 0.3) is 0 Å². The Kier molecular flexibility index (Phi) is 6.72. The van der Waals surface area contributed by atoms with Crippen LogP contribution >= 0.6 is 0 Å². The summed E-state index contributed by atoms with van der Waals surface area (Å²) in [5, 5.41) is 2.86. The van der Waals surface area contributed by atoms with Crippen LogP contribution in [0.5, 0.6) is 0 Å². The number of carbonyl (C=O) groups excluding carboxylic acids is 2. The standard InChI is InChI=1S/C20H28N2O5S/c1-15-9-10-17(28(25,26)22-11-5-2-6-12-22)13-18(15)20(24)27-14-19(23)21-16-7-3-4-8-16/h9-10,13,16H,2-8,11-12,14H2,1H3,(H,21,23). The Morgan fingerprint density at radius 1 is 1.11 bits per heavy atom. The summed E-state index contributed by atoms with van der Waals surface area (Å²) in [5.74, 6) is -1.01. The van der Waals surface area contributed by atoms with Gasteiger partial charge in [0.2, 0.25) is 10.0 Å². The number of nitrogens with one attached hydrogen (secondary N) is 1. The summed E-state index contributed by atoms with van der Waals surface area (Å²) >= 11 is 0. The molecule has 3 rings (SSSR count). The molecule has 0 unspecified atom stereocenters. The van der Waals surface area contributed by atoms with Crippen LogP contribution < -0.4 is 5.32 Å². The van der Waals surface area contributed by atoms with Crippen molar-refractivity contribution in [2.75, 3.05) is 19.7 Å². The van der Waals surface area contributed by atoms with Gasteiger partial charge in [0.15, 0.2) is 6.61 Å². The molecule has 28 heavy (non-hydrogen) atoms. The first-order valence-electron chi connectivity index (χ1n) is 9.95. The van der Waals surface area contributed by atoms with E-state index in [1.807, 2.05) is 0 Å². The third kappa shape index (κ3) is 4.91. The molecule has 1 N–H and O–H groups in total. The van der Waals surface area contributed by atoms with Gasteiger partial charge in [0, 0.05) is 19.1 Å². The molecule has 0 atom stereocenters. The molecule has 1 heterocycles. The second-order valence-corrected chi connectivity index (χ2v) is 9.50. The van der Waals surface area contributed by atoms with Crippen molar-refractivity contribution in [1.29, 1.82) is 0 Å². The van der Waals surface area contributed by atoms with E-state index in [-0.39, 0.29) is 29.0 Å². The number of sulfonamides is 1. The first-order valence-corrected chi connectivity index (χ1v) is 11.4. The van der Waals surface area contributed by atoms with Gasteiger partial charge in [-0.2, -0.15) is 4.31 Å². The van der Waals surface area contributed by atoms with Crippen molar-refractivity contribution in [1.82, 2.24) is 9.62 Å². The predicted molar refractivity (Wildman–Crippen MR) is 104 cm³/mol. The highest BCUT2D eigenvalue weighted by atomic mass is 32.2. The van der Waals surface area contributed by atoms with Crippen molar-refractivity contribution >= 4 is 21.9 Å². The fourth-order valence-electron chi connectivity index (χ4n) is 3.78. The zero-order chi connectivity index (χ0) is 20.1. The normalized spacial score (nSPS) is 18.8. The Labute approximate surface area is 166 Å². The Morgan fingerprint density at radius 3 is 2.46 bits per heavy atom. The molecule has 0 bridgehead atoms. The fraction of sp³-hybridized carbons (Fsp3) is 0.600. The number of piperidine rings is 1. The highest BCUT2D eigenvalue weighted by molar-refractivity contribution is 7.89. The summed E-state index contributed by atoms with van der Waals surface area (Å²) in [5.41, 5.74) is 0.783. The number of aryl methyl sites for hydroxylation is 1. The van der Waals surface area contributed by atoms with Crippen molar-refractivity contribution in [2.24, 2.45) is 0 Å². The van der Waals surface area contributed by atoms with Crippen LogP contribution in [0.3, 0.4) is 0 Å². The lowest BCUT2D eigenvalue weighted by Gasteiger charge is -2.26. The van der Waals surface area contributed by atoms with E-state index in [4.69, 9.17) is 4.74 Å². The lowest BCUT2D eigenvalue weighted by atomic mass is 10.1. The summed E-state index contributed by atoms with van der Waals surface area (Å²) < 4.78 is 32.3. The number of benzene rings is 1. The quantitative estimate of drug-likeness (QED) is 0.730. The Morgan fingerprint density at radius 2 is 1.79 bits per heavy atom. The van der Waals surface area contributed by atoms with Crippen molar-refractivity contribution in [3.8, 4) is 0 Å². The van der Waals surface area contributed by atoms with Gasteiger partial charge in [0.05, 0.1) is 10.5 Å². The van der Waals surface area contributed by atoms with Gasteiger partial charge in [-0.25, -0.2) is 13.2 Å². The van der Waals surface area contributed by atoms with Gasteiger partial charge >= 0.3 is 5.97 Å². The van der Waals surface area contributed by atoms with Gasteiger partial charge in [-0.05, 0) is 50.3 Å². The first kappa shape index (κ1) is 20.8. The second-order valence-electron chi connectivity index (χ2n) is 7.57. The smallest absolute Gasteiger partial charge is 0.338 e. The summed E-state index contributed by atoms with van der Waals surface area (Å²) in [6.45, 7) is 2.35. The van der Waals surface area contributed by atoms with E-state index in [9.17, 15) is 18.0 Å². The van der Waals surface area contributed by atoms with E-state index in [0.29, 0.717) is 18.7 Å². The summed E-state index contributed by atoms with van der Waals surface area (Å²) in [6, 6.07) is 4.64. The fourth-order valence-corrected chi connectivity index (χ4v) is 5.33. The lowest BCUT2D eigenvalue weighted by Crippen LogP contribution is -2.36. The van der Waals surface area contributed by atoms with Gasteiger partial charge in [-0.15, -0.1) is 0 Å². The van der Waals surface area contributed by atoms with Gasteiger partial charge in [-0.3, -0.25) is 4.79 Å². The van der Waals surface area contributed by atoms with Crippen molar-refractivity contribution < 1.29 is 22.7 Å². The molecule has 1 aromatic rings. The van der Waals surface area contributed by atoms with Crippen LogP contribution in [0, 0.1) is 6.92 Å². The first-order chi connectivity index (χ1) is 13.4. The average molecular weight is 409 g/mol. The largest absolute Gasteiger partial charge is 0.452 e. The highest BCUT2D eigenvalue weighted by Crippen LogP contribution is 2.23. The minimum Gasteiger partial charge on any atom is -0.452 e. The van der Waals surface area contributed by atoms with E-state index in [1.54, 1.807) is 13.0 Å². The van der Waals surface area contributed by atoms with Crippen LogP contribution in [0.4, 0.5) is 0 Å². The number of rotatable bonds is 6. The molecule has 154 valence electrons. The van der Waals surface area contributed by atoms with E-state index in [2.05, 4.69) is 5.32 Å². The van der Waals surface area contributed by atoms with E-state index in [1.165, 1.54) is 16.4 Å². The number of amides is 1. The minimum atomic E-state index is -3.64. The predicted octanol–water partition coefficient (Wildman–Crippen LogP) is 2.39. The molecule has 8 heteroatoms. The molecule has 1 saturated carbocycles. The average Bonchev–Trinajstić information content (AvgIpc) is 3.20. The zero-order valence-electron chi connectivity index (χ0n) is 16.3. The number of hydrogen-bond donors (Lipinski definition) is 1. The van der Waals surface area contributed by atoms with Crippen molar-refractivity contribution in [3.63, 3.8) is 0 Å². The molecular formula is C20H28N2O5S. The topological polar surface area (TPSA) is 92.8 Å². The number of nitrogens with zero attached hydrogens (tertiary/aromatic N) is 1. The molecule has 0 spiro atoms. The number of hydrogen-bond acceptors (Lipinski definition) is 5. The minimum absolute atomic E-state index is 0.0855. The van der Waals surface area contributed by atoms with E-state index in [0.717, 1.165) is 44.9 Å². The molecular weight excluding hydrogens is 380 g/mol. The van der Waals surface area contributed by atoms with Crippen molar-refractivity contribution in [2.45, 2.75) is 62.8 Å². The molecule has 1 aliphatic carbocycles. The third-order valence-electron chi connectivity index (χ3n) is 5.44. The molecule has 0 aromatic heterocycles. The van der Waals surface area contributed by atoms with Crippen LogP contribution in [-0.4, -0.2) is 50.3 Å². The monoisotopic (exact) mass is 408 g/mol. The summed E-state index contributed by atoms with van der Waals surface area (Å²) in [4.78, 5) is 24.5. The van der Waals surface area contributed by atoms with E-state index < -0.39 is 16.0 Å². The maximum atomic E-state index is 12.8. The number of carbonyl (C=O) groups is 2. The molecule has 2 fully saturated rings. The van der Waals surface area contributed by atoms with Crippen LogP contribution in [0.2, 0.25) is 0 Å². The number of esters is 1. The molecule has 1 aliphatic heterocycles. The highest BCUT2D eigenvalue weighted by Gasteiger charge is 2.27. The second kappa shape index (κ2) is 9.05. The van der Waals surface area contributed by atoms with Crippen LogP contribution in [0.15, 0.2) is 23.1 Å². The van der Waals surface area contributed by atoms with Crippen molar-refractivity contribution in [3.05, 3.63) is 29.3 Å². The van der Waals surface area contributed by atoms with Crippen LogP contribution in [-0.2, 0) is 19.6 Å². The molecule has 1 saturated heterocycles.